The highest BCUT2D eigenvalue weighted by molar-refractivity contribution is 7.89. The molecule has 2 rings (SSSR count). The topological polar surface area (TPSA) is 103 Å². The van der Waals surface area contributed by atoms with Crippen LogP contribution in [0.25, 0.3) is 0 Å². The monoisotopic (exact) mass is 295 g/mol. The van der Waals surface area contributed by atoms with Crippen molar-refractivity contribution >= 4 is 16.0 Å². The Hall–Kier alpha value is -2.19. The van der Waals surface area contributed by atoms with Crippen molar-refractivity contribution in [3.05, 3.63) is 47.8 Å². The Balaban J connectivity index is 2.16. The molecule has 0 aliphatic heterocycles. The van der Waals surface area contributed by atoms with Gasteiger partial charge in [0.05, 0.1) is 11.8 Å². The first kappa shape index (κ1) is 14.2. The lowest BCUT2D eigenvalue weighted by atomic mass is 10.1. The van der Waals surface area contributed by atoms with Crippen LogP contribution in [-0.2, 0) is 16.6 Å². The van der Waals surface area contributed by atoms with Crippen LogP contribution in [0.2, 0.25) is 0 Å². The van der Waals surface area contributed by atoms with Crippen LogP contribution in [0.15, 0.2) is 41.6 Å². The maximum Gasteiger partial charge on any atom is 0.335 e. The van der Waals surface area contributed by atoms with E-state index in [1.807, 2.05) is 0 Å². The maximum atomic E-state index is 12.1. The molecule has 0 saturated heterocycles. The predicted octanol–water partition coefficient (Wildman–Crippen LogP) is 0.929. The summed E-state index contributed by atoms with van der Waals surface area (Å²) in [4.78, 5) is 10.8. The largest absolute Gasteiger partial charge is 0.478 e. The Morgan fingerprint density at radius 1 is 1.35 bits per heavy atom. The molecule has 2 N–H and O–H groups in total. The summed E-state index contributed by atoms with van der Waals surface area (Å²) in [6, 6.07) is 6.06. The molecule has 1 aromatic heterocycles. The van der Waals surface area contributed by atoms with Gasteiger partial charge in [0.15, 0.2) is 0 Å². The number of rotatable bonds is 5. The van der Waals surface area contributed by atoms with Gasteiger partial charge in [0.25, 0.3) is 0 Å². The summed E-state index contributed by atoms with van der Waals surface area (Å²) in [7, 11) is -2.15. The Morgan fingerprint density at radius 3 is 2.50 bits per heavy atom. The van der Waals surface area contributed by atoms with E-state index in [0.29, 0.717) is 5.56 Å². The van der Waals surface area contributed by atoms with Gasteiger partial charge in [-0.15, -0.1) is 0 Å². The third kappa shape index (κ3) is 2.86. The normalized spacial score (nSPS) is 11.7. The van der Waals surface area contributed by atoms with E-state index in [2.05, 4.69) is 10.2 Å². The molecule has 0 aliphatic rings. The third-order valence-electron chi connectivity index (χ3n) is 2.79. The first-order valence-electron chi connectivity index (χ1n) is 5.68. The minimum Gasteiger partial charge on any atom is -0.478 e. The van der Waals surface area contributed by atoms with Crippen molar-refractivity contribution in [3.63, 3.8) is 0 Å². The fraction of sp³-hybridized carbons (Fsp3) is 0.167. The van der Waals surface area contributed by atoms with Gasteiger partial charge in [-0.3, -0.25) is 5.10 Å². The molecule has 0 fully saturated rings. The van der Waals surface area contributed by atoms with Gasteiger partial charge in [0.1, 0.15) is 4.90 Å². The Labute approximate surface area is 115 Å². The van der Waals surface area contributed by atoms with Crippen LogP contribution in [0.4, 0.5) is 0 Å². The molecule has 0 radical (unpaired) electrons. The number of nitrogens with zero attached hydrogens (tertiary/aromatic N) is 2. The third-order valence-corrected chi connectivity index (χ3v) is 4.56. The van der Waals surface area contributed by atoms with Crippen LogP contribution in [0, 0.1) is 0 Å². The van der Waals surface area contributed by atoms with Crippen LogP contribution < -0.4 is 0 Å². The van der Waals surface area contributed by atoms with E-state index in [1.54, 1.807) is 12.1 Å². The summed E-state index contributed by atoms with van der Waals surface area (Å²) in [5.74, 6) is -1.02. The van der Waals surface area contributed by atoms with E-state index < -0.39 is 16.0 Å². The fourth-order valence-electron chi connectivity index (χ4n) is 1.65. The van der Waals surface area contributed by atoms with Crippen molar-refractivity contribution in [1.82, 2.24) is 14.5 Å². The molecular formula is C12H13N3O4S. The lowest BCUT2D eigenvalue weighted by Crippen LogP contribution is -2.26. The zero-order valence-corrected chi connectivity index (χ0v) is 11.5. The van der Waals surface area contributed by atoms with Crippen molar-refractivity contribution in [2.45, 2.75) is 11.4 Å². The quantitative estimate of drug-likeness (QED) is 0.854. The van der Waals surface area contributed by atoms with Crippen LogP contribution in [0.5, 0.6) is 0 Å². The molecule has 0 atom stereocenters. The Kier molecular flexibility index (Phi) is 3.86. The molecule has 0 bridgehead atoms. The van der Waals surface area contributed by atoms with Crippen molar-refractivity contribution in [3.8, 4) is 0 Å². The van der Waals surface area contributed by atoms with Crippen molar-refractivity contribution in [2.24, 2.45) is 0 Å². The highest BCUT2D eigenvalue weighted by atomic mass is 32.2. The minimum absolute atomic E-state index is 0.0853. The second kappa shape index (κ2) is 5.43. The van der Waals surface area contributed by atoms with Gasteiger partial charge in [-0.2, -0.15) is 9.40 Å². The first-order valence-corrected chi connectivity index (χ1v) is 7.12. The van der Waals surface area contributed by atoms with Gasteiger partial charge in [-0.25, -0.2) is 13.2 Å². The molecule has 106 valence electrons. The number of carboxylic acid groups (broad SMARTS) is 1. The number of carboxylic acids is 1. The van der Waals surface area contributed by atoms with Gasteiger partial charge < -0.3 is 5.11 Å². The molecule has 0 unspecified atom stereocenters. The number of aromatic amines is 1. The second-order valence-corrected chi connectivity index (χ2v) is 6.24. The molecule has 0 spiro atoms. The fourth-order valence-corrected chi connectivity index (χ4v) is 2.72. The number of H-pyrrole nitrogens is 1. The van der Waals surface area contributed by atoms with Gasteiger partial charge in [0.2, 0.25) is 10.0 Å². The van der Waals surface area contributed by atoms with E-state index in [9.17, 15) is 13.2 Å². The molecule has 1 aromatic carbocycles. The average molecular weight is 295 g/mol. The zero-order chi connectivity index (χ0) is 14.8. The maximum absolute atomic E-state index is 12.1. The Morgan fingerprint density at radius 2 is 2.00 bits per heavy atom. The summed E-state index contributed by atoms with van der Waals surface area (Å²) in [5, 5.41) is 14.9. The molecular weight excluding hydrogens is 282 g/mol. The second-order valence-electron chi connectivity index (χ2n) is 4.20. The molecule has 0 amide bonds. The van der Waals surface area contributed by atoms with Crippen LogP contribution in [0.1, 0.15) is 15.9 Å². The van der Waals surface area contributed by atoms with Crippen LogP contribution in [-0.4, -0.2) is 41.0 Å². The van der Waals surface area contributed by atoms with Gasteiger partial charge in [-0.1, -0.05) is 12.1 Å². The summed E-state index contributed by atoms with van der Waals surface area (Å²) in [5.41, 5.74) is 0.860. The number of aromatic carboxylic acids is 1. The van der Waals surface area contributed by atoms with Crippen molar-refractivity contribution in [2.75, 3.05) is 7.05 Å². The highest BCUT2D eigenvalue weighted by Gasteiger charge is 2.21. The van der Waals surface area contributed by atoms with Crippen molar-refractivity contribution in [1.29, 1.82) is 0 Å². The highest BCUT2D eigenvalue weighted by Crippen LogP contribution is 2.15. The van der Waals surface area contributed by atoms with E-state index in [-0.39, 0.29) is 17.0 Å². The van der Waals surface area contributed by atoms with E-state index in [4.69, 9.17) is 5.11 Å². The Bertz CT molecular complexity index is 693. The number of aromatic nitrogens is 2. The lowest BCUT2D eigenvalue weighted by molar-refractivity contribution is 0.0697. The number of hydrogen-bond acceptors (Lipinski definition) is 4. The molecule has 0 saturated carbocycles. The SMILES string of the molecule is CN(Cc1ccc(C(=O)O)cc1)S(=O)(=O)c1cn[nH]c1. The number of hydrogen-bond donors (Lipinski definition) is 2. The summed E-state index contributed by atoms with van der Waals surface area (Å²) in [6.07, 6.45) is 2.54. The molecule has 1 heterocycles. The number of sulfonamides is 1. The van der Waals surface area contributed by atoms with Crippen LogP contribution in [0.3, 0.4) is 0 Å². The molecule has 8 heteroatoms. The average Bonchev–Trinajstić information content (AvgIpc) is 2.93. The van der Waals surface area contributed by atoms with E-state index in [0.717, 1.165) is 0 Å². The summed E-state index contributed by atoms with van der Waals surface area (Å²) in [6.45, 7) is 0.146. The van der Waals surface area contributed by atoms with Crippen molar-refractivity contribution < 1.29 is 18.3 Å². The summed E-state index contributed by atoms with van der Waals surface area (Å²) >= 11 is 0. The standard InChI is InChI=1S/C12H13N3O4S/c1-15(20(18,19)11-6-13-14-7-11)8-9-2-4-10(5-3-9)12(16)17/h2-7H,8H2,1H3,(H,13,14)(H,16,17). The molecule has 2 aromatic rings. The summed E-state index contributed by atoms with van der Waals surface area (Å²) < 4.78 is 25.5. The zero-order valence-electron chi connectivity index (χ0n) is 10.6. The molecule has 0 aliphatic carbocycles. The smallest absolute Gasteiger partial charge is 0.335 e. The van der Waals surface area contributed by atoms with Crippen LogP contribution >= 0.6 is 0 Å². The molecule has 20 heavy (non-hydrogen) atoms. The van der Waals surface area contributed by atoms with E-state index in [1.165, 1.54) is 35.9 Å². The van der Waals surface area contributed by atoms with Gasteiger partial charge in [-0.05, 0) is 17.7 Å². The number of carbonyl (C=O) groups is 1. The van der Waals surface area contributed by atoms with Gasteiger partial charge >= 0.3 is 5.97 Å². The number of benzene rings is 1. The lowest BCUT2D eigenvalue weighted by Gasteiger charge is -2.16. The predicted molar refractivity (Wildman–Crippen MR) is 70.6 cm³/mol. The number of nitrogens with one attached hydrogen (secondary N) is 1. The van der Waals surface area contributed by atoms with Gasteiger partial charge in [0, 0.05) is 19.8 Å². The molecule has 7 nitrogen and oxygen atoms in total. The first-order chi connectivity index (χ1) is 9.41. The van der Waals surface area contributed by atoms with E-state index >= 15 is 0 Å². The minimum atomic E-state index is -3.60.